The van der Waals surface area contributed by atoms with Crippen LogP contribution in [0.25, 0.3) is 0 Å². The highest BCUT2D eigenvalue weighted by molar-refractivity contribution is 6.33. The van der Waals surface area contributed by atoms with Crippen molar-refractivity contribution in [1.29, 1.82) is 0 Å². The monoisotopic (exact) mass is 309 g/mol. The lowest BCUT2D eigenvalue weighted by Crippen LogP contribution is -2.38. The third kappa shape index (κ3) is 3.54. The molecule has 1 aromatic rings. The first kappa shape index (κ1) is 15.8. The predicted octanol–water partition coefficient (Wildman–Crippen LogP) is 1.37. The predicted molar refractivity (Wildman–Crippen MR) is 83.5 cm³/mol. The molecule has 5 nitrogen and oxygen atoms in total. The Bertz CT molecular complexity index is 535. The topological polar surface area (TPSA) is 52.7 Å². The van der Waals surface area contributed by atoms with Crippen LogP contribution < -0.4 is 10.2 Å². The van der Waals surface area contributed by atoms with Gasteiger partial charge in [-0.25, -0.2) is 0 Å². The Morgan fingerprint density at radius 3 is 2.86 bits per heavy atom. The van der Waals surface area contributed by atoms with Gasteiger partial charge in [-0.3, -0.25) is 9.59 Å². The number of rotatable bonds is 5. The number of carbonyl (C=O) groups is 2. The second-order valence-electron chi connectivity index (χ2n) is 5.22. The summed E-state index contributed by atoms with van der Waals surface area (Å²) in [6.45, 7) is 1.76. The van der Waals surface area contributed by atoms with Crippen molar-refractivity contribution in [3.05, 3.63) is 29.3 Å². The van der Waals surface area contributed by atoms with Gasteiger partial charge in [-0.1, -0.05) is 23.7 Å². The van der Waals surface area contributed by atoms with Crippen LogP contribution in [0.15, 0.2) is 24.3 Å². The Kier molecular flexibility index (Phi) is 5.20. The number of halogens is 1. The molecule has 1 unspecified atom stereocenters. The SMILES string of the molecule is CNCCN(C)C(=O)C1CC(=O)N(c2ccccc2Cl)C1. The molecule has 0 aliphatic carbocycles. The first-order chi connectivity index (χ1) is 10.0. The molecule has 21 heavy (non-hydrogen) atoms. The van der Waals surface area contributed by atoms with Crippen LogP contribution in [0.5, 0.6) is 0 Å². The number of carbonyl (C=O) groups excluding carboxylic acids is 2. The van der Waals surface area contributed by atoms with Gasteiger partial charge in [0.15, 0.2) is 0 Å². The normalized spacial score (nSPS) is 18.1. The molecular weight excluding hydrogens is 290 g/mol. The van der Waals surface area contributed by atoms with E-state index in [4.69, 9.17) is 11.6 Å². The number of likely N-dealkylation sites (N-methyl/N-ethyl adjacent to an activating group) is 2. The highest BCUT2D eigenvalue weighted by atomic mass is 35.5. The molecule has 1 N–H and O–H groups in total. The van der Waals surface area contributed by atoms with Crippen LogP contribution in [0.4, 0.5) is 5.69 Å². The van der Waals surface area contributed by atoms with Gasteiger partial charge in [0.25, 0.3) is 0 Å². The van der Waals surface area contributed by atoms with Gasteiger partial charge >= 0.3 is 0 Å². The summed E-state index contributed by atoms with van der Waals surface area (Å²) >= 11 is 6.13. The Balaban J connectivity index is 2.06. The first-order valence-electron chi connectivity index (χ1n) is 6.99. The Labute approximate surface area is 129 Å². The van der Waals surface area contributed by atoms with E-state index in [0.29, 0.717) is 23.8 Å². The lowest BCUT2D eigenvalue weighted by atomic mass is 10.1. The maximum atomic E-state index is 12.3. The van der Waals surface area contributed by atoms with E-state index >= 15 is 0 Å². The molecule has 1 fully saturated rings. The van der Waals surface area contributed by atoms with E-state index in [1.807, 2.05) is 19.2 Å². The average Bonchev–Trinajstić information content (AvgIpc) is 2.86. The molecule has 0 saturated carbocycles. The molecule has 0 bridgehead atoms. The zero-order valence-corrected chi connectivity index (χ0v) is 13.1. The summed E-state index contributed by atoms with van der Waals surface area (Å²) in [6, 6.07) is 7.21. The molecule has 1 saturated heterocycles. The summed E-state index contributed by atoms with van der Waals surface area (Å²) in [7, 11) is 3.61. The van der Waals surface area contributed by atoms with Crippen LogP contribution in [-0.4, -0.2) is 50.4 Å². The molecule has 1 atom stereocenters. The molecular formula is C15H20ClN3O2. The van der Waals surface area contributed by atoms with Crippen molar-refractivity contribution in [3.8, 4) is 0 Å². The van der Waals surface area contributed by atoms with Crippen LogP contribution >= 0.6 is 11.6 Å². The summed E-state index contributed by atoms with van der Waals surface area (Å²) in [5.74, 6) is -0.341. The number of amides is 2. The van der Waals surface area contributed by atoms with Gasteiger partial charge in [0.2, 0.25) is 11.8 Å². The first-order valence-corrected chi connectivity index (χ1v) is 7.37. The molecule has 0 spiro atoms. The molecule has 1 heterocycles. The van der Waals surface area contributed by atoms with Gasteiger partial charge in [-0.05, 0) is 19.2 Å². The average molecular weight is 310 g/mol. The fourth-order valence-corrected chi connectivity index (χ4v) is 2.72. The maximum Gasteiger partial charge on any atom is 0.227 e. The zero-order valence-electron chi connectivity index (χ0n) is 12.3. The van der Waals surface area contributed by atoms with E-state index in [0.717, 1.165) is 6.54 Å². The molecule has 0 aromatic heterocycles. The van der Waals surface area contributed by atoms with Crippen LogP contribution in [0.2, 0.25) is 5.02 Å². The quantitative estimate of drug-likeness (QED) is 0.894. The Morgan fingerprint density at radius 2 is 2.19 bits per heavy atom. The van der Waals surface area contributed by atoms with Gasteiger partial charge in [0.1, 0.15) is 0 Å². The minimum Gasteiger partial charge on any atom is -0.344 e. The molecule has 1 aliphatic rings. The Morgan fingerprint density at radius 1 is 1.48 bits per heavy atom. The van der Waals surface area contributed by atoms with Gasteiger partial charge in [0, 0.05) is 33.1 Å². The maximum absolute atomic E-state index is 12.3. The third-order valence-corrected chi connectivity index (χ3v) is 4.01. The van der Waals surface area contributed by atoms with Gasteiger partial charge in [-0.2, -0.15) is 0 Å². The van der Waals surface area contributed by atoms with E-state index in [2.05, 4.69) is 5.32 Å². The largest absolute Gasteiger partial charge is 0.344 e. The second-order valence-corrected chi connectivity index (χ2v) is 5.63. The number of nitrogens with one attached hydrogen (secondary N) is 1. The molecule has 1 aliphatic heterocycles. The van der Waals surface area contributed by atoms with E-state index in [1.54, 1.807) is 29.0 Å². The summed E-state index contributed by atoms with van der Waals surface area (Å²) in [5, 5.41) is 3.54. The van der Waals surface area contributed by atoms with E-state index in [-0.39, 0.29) is 24.2 Å². The smallest absolute Gasteiger partial charge is 0.227 e. The van der Waals surface area contributed by atoms with Crippen LogP contribution in [0.1, 0.15) is 6.42 Å². The molecule has 2 rings (SSSR count). The molecule has 1 aromatic carbocycles. The van der Waals surface area contributed by atoms with Crippen LogP contribution in [-0.2, 0) is 9.59 Å². The van der Waals surface area contributed by atoms with Gasteiger partial charge < -0.3 is 15.1 Å². The van der Waals surface area contributed by atoms with Crippen molar-refractivity contribution in [3.63, 3.8) is 0 Å². The summed E-state index contributed by atoms with van der Waals surface area (Å²) in [6.07, 6.45) is 0.244. The second kappa shape index (κ2) is 6.91. The summed E-state index contributed by atoms with van der Waals surface area (Å²) in [5.41, 5.74) is 0.678. The van der Waals surface area contributed by atoms with E-state index in [9.17, 15) is 9.59 Å². The number of nitrogens with zero attached hydrogens (tertiary/aromatic N) is 2. The molecule has 114 valence electrons. The Hall–Kier alpha value is -1.59. The highest BCUT2D eigenvalue weighted by Gasteiger charge is 2.36. The number of anilines is 1. The number of hydrogen-bond donors (Lipinski definition) is 1. The van der Waals surface area contributed by atoms with Crippen molar-refractivity contribution in [2.24, 2.45) is 5.92 Å². The van der Waals surface area contributed by atoms with Crippen LogP contribution in [0.3, 0.4) is 0 Å². The van der Waals surface area contributed by atoms with Crippen molar-refractivity contribution in [2.45, 2.75) is 6.42 Å². The summed E-state index contributed by atoms with van der Waals surface area (Å²) < 4.78 is 0. The zero-order chi connectivity index (χ0) is 15.4. The number of hydrogen-bond acceptors (Lipinski definition) is 3. The summed E-state index contributed by atoms with van der Waals surface area (Å²) in [4.78, 5) is 27.8. The van der Waals surface area contributed by atoms with Gasteiger partial charge in [0.05, 0.1) is 16.6 Å². The molecule has 0 radical (unpaired) electrons. The van der Waals surface area contributed by atoms with Crippen LogP contribution in [0, 0.1) is 5.92 Å². The third-order valence-electron chi connectivity index (χ3n) is 3.69. The molecule has 2 amide bonds. The van der Waals surface area contributed by atoms with Crippen molar-refractivity contribution in [2.75, 3.05) is 38.6 Å². The fraction of sp³-hybridized carbons (Fsp3) is 0.467. The van der Waals surface area contributed by atoms with Crippen molar-refractivity contribution in [1.82, 2.24) is 10.2 Å². The minimum absolute atomic E-state index is 0.00755. The van der Waals surface area contributed by atoms with Gasteiger partial charge in [-0.15, -0.1) is 0 Å². The lowest BCUT2D eigenvalue weighted by molar-refractivity contribution is -0.134. The minimum atomic E-state index is -0.296. The molecule has 6 heteroatoms. The standard InChI is InChI=1S/C15H20ClN3O2/c1-17-7-8-18(2)15(21)11-9-14(20)19(10-11)13-6-4-3-5-12(13)16/h3-6,11,17H,7-10H2,1-2H3. The highest BCUT2D eigenvalue weighted by Crippen LogP contribution is 2.31. The van der Waals surface area contributed by atoms with E-state index < -0.39 is 0 Å². The van der Waals surface area contributed by atoms with Crippen molar-refractivity contribution >= 4 is 29.1 Å². The lowest BCUT2D eigenvalue weighted by Gasteiger charge is -2.21. The van der Waals surface area contributed by atoms with Crippen molar-refractivity contribution < 1.29 is 9.59 Å². The fourth-order valence-electron chi connectivity index (χ4n) is 2.48. The number of para-hydroxylation sites is 1. The number of benzene rings is 1. The van der Waals surface area contributed by atoms with E-state index in [1.165, 1.54) is 0 Å².